The predicted molar refractivity (Wildman–Crippen MR) is 153 cm³/mol. The van der Waals surface area contributed by atoms with Crippen LogP contribution in [0.1, 0.15) is 93.9 Å². The number of allylic oxidation sites excluding steroid dienone is 2. The molecule has 0 aliphatic heterocycles. The molecule has 1 aliphatic rings. The second-order valence-corrected chi connectivity index (χ2v) is 10.6. The fourth-order valence-corrected chi connectivity index (χ4v) is 5.55. The lowest BCUT2D eigenvalue weighted by atomic mass is 9.78. The molecule has 0 spiro atoms. The Morgan fingerprint density at radius 1 is 0.833 bits per heavy atom. The monoisotopic (exact) mass is 480 g/mol. The van der Waals surface area contributed by atoms with E-state index >= 15 is 4.39 Å². The Kier molecular flexibility index (Phi) is 9.80. The van der Waals surface area contributed by atoms with E-state index in [0.717, 1.165) is 53.2 Å². The zero-order valence-corrected chi connectivity index (χ0v) is 22.2. The molecule has 1 fully saturated rings. The van der Waals surface area contributed by atoms with Gasteiger partial charge in [0.25, 0.3) is 0 Å². The Morgan fingerprint density at radius 3 is 2.25 bits per heavy atom. The van der Waals surface area contributed by atoms with E-state index < -0.39 is 0 Å². The van der Waals surface area contributed by atoms with E-state index in [0.29, 0.717) is 5.39 Å². The fraction of sp³-hybridized carbons (Fsp3) is 0.429. The van der Waals surface area contributed by atoms with E-state index in [2.05, 4.69) is 68.2 Å². The Labute approximate surface area is 218 Å². The summed E-state index contributed by atoms with van der Waals surface area (Å²) in [6, 6.07) is 18.5. The lowest BCUT2D eigenvalue weighted by molar-refractivity contribution is 0.254. The van der Waals surface area contributed by atoms with Crippen LogP contribution in [0.3, 0.4) is 0 Å². The van der Waals surface area contributed by atoms with Crippen LogP contribution in [0.15, 0.2) is 66.7 Å². The molecule has 1 aliphatic carbocycles. The first-order valence-corrected chi connectivity index (χ1v) is 14.1. The van der Waals surface area contributed by atoms with Gasteiger partial charge in [0.1, 0.15) is 5.82 Å². The van der Waals surface area contributed by atoms with Crippen molar-refractivity contribution >= 4 is 10.8 Å². The number of fused-ring (bicyclic) bond motifs is 1. The number of hydrogen-bond acceptors (Lipinski definition) is 0. The average Bonchev–Trinajstić information content (AvgIpc) is 2.92. The average molecular weight is 481 g/mol. The van der Waals surface area contributed by atoms with Crippen molar-refractivity contribution in [3.8, 4) is 11.8 Å². The Balaban J connectivity index is 1.34. The van der Waals surface area contributed by atoms with Crippen molar-refractivity contribution in [1.29, 1.82) is 0 Å². The van der Waals surface area contributed by atoms with Gasteiger partial charge in [-0.05, 0) is 98.1 Å². The number of hydrogen-bond donors (Lipinski definition) is 0. The summed E-state index contributed by atoms with van der Waals surface area (Å²) in [7, 11) is 0. The van der Waals surface area contributed by atoms with Crippen LogP contribution in [0.5, 0.6) is 0 Å². The van der Waals surface area contributed by atoms with Crippen LogP contribution in [0.4, 0.5) is 4.39 Å². The smallest absolute Gasteiger partial charge is 0.134 e. The first-order valence-electron chi connectivity index (χ1n) is 14.1. The van der Waals surface area contributed by atoms with E-state index in [9.17, 15) is 0 Å². The van der Waals surface area contributed by atoms with Gasteiger partial charge in [-0.2, -0.15) is 0 Å². The van der Waals surface area contributed by atoms with Crippen molar-refractivity contribution in [3.63, 3.8) is 0 Å². The molecule has 0 N–H and O–H groups in total. The van der Waals surface area contributed by atoms with Crippen molar-refractivity contribution < 1.29 is 4.39 Å². The van der Waals surface area contributed by atoms with Crippen molar-refractivity contribution in [1.82, 2.24) is 0 Å². The zero-order chi connectivity index (χ0) is 25.2. The minimum atomic E-state index is -0.0466. The third kappa shape index (κ3) is 7.33. The molecule has 36 heavy (non-hydrogen) atoms. The van der Waals surface area contributed by atoms with Crippen molar-refractivity contribution in [2.24, 2.45) is 11.8 Å². The summed E-state index contributed by atoms with van der Waals surface area (Å²) in [6.07, 6.45) is 17.8. The summed E-state index contributed by atoms with van der Waals surface area (Å²) in [5, 5.41) is 1.64. The quantitative estimate of drug-likeness (QED) is 0.211. The van der Waals surface area contributed by atoms with Gasteiger partial charge in [-0.15, -0.1) is 0 Å². The maximum Gasteiger partial charge on any atom is 0.134 e. The second-order valence-electron chi connectivity index (χ2n) is 10.6. The molecule has 0 atom stereocenters. The summed E-state index contributed by atoms with van der Waals surface area (Å²) < 4.78 is 15.3. The van der Waals surface area contributed by atoms with E-state index in [4.69, 9.17) is 0 Å². The molecular weight excluding hydrogens is 439 g/mol. The maximum absolute atomic E-state index is 15.3. The van der Waals surface area contributed by atoms with Crippen LogP contribution in [0.2, 0.25) is 0 Å². The van der Waals surface area contributed by atoms with Crippen LogP contribution in [0, 0.1) is 29.5 Å². The van der Waals surface area contributed by atoms with Gasteiger partial charge in [0.05, 0.1) is 0 Å². The molecule has 0 aromatic heterocycles. The van der Waals surface area contributed by atoms with Gasteiger partial charge in [0, 0.05) is 16.5 Å². The highest BCUT2D eigenvalue weighted by Crippen LogP contribution is 2.34. The van der Waals surface area contributed by atoms with E-state index in [1.165, 1.54) is 56.9 Å². The highest BCUT2D eigenvalue weighted by atomic mass is 19.1. The highest BCUT2D eigenvalue weighted by molar-refractivity contribution is 5.85. The van der Waals surface area contributed by atoms with Gasteiger partial charge < -0.3 is 0 Å². The molecule has 4 rings (SSSR count). The summed E-state index contributed by atoms with van der Waals surface area (Å²) in [4.78, 5) is 0. The normalized spacial score (nSPS) is 17.9. The zero-order valence-electron chi connectivity index (χ0n) is 22.2. The molecule has 0 unspecified atom stereocenters. The Bertz CT molecular complexity index is 1200. The Hall–Kier alpha value is -2.85. The molecule has 188 valence electrons. The molecule has 1 heteroatoms. The van der Waals surface area contributed by atoms with Gasteiger partial charge in [-0.25, -0.2) is 4.39 Å². The highest BCUT2D eigenvalue weighted by Gasteiger charge is 2.21. The maximum atomic E-state index is 15.3. The second kappa shape index (κ2) is 13.5. The van der Waals surface area contributed by atoms with Crippen molar-refractivity contribution in [2.45, 2.75) is 84.5 Å². The standard InChI is InChI=1S/C35H41F/c1-3-5-7-9-28-12-16-30(17-13-28)20-22-32-23-24-33-26-31(21-25-34(33)35(32)36)19-18-29-14-10-27(11-15-29)8-6-4-2/h3,5,10-11,14-15,21,23-26,28,30H,4,6-9,12-13,16-17,20,22H2,1-2H3/b5-3+. The molecule has 0 saturated heterocycles. The van der Waals surface area contributed by atoms with E-state index in [-0.39, 0.29) is 5.82 Å². The number of halogens is 1. The van der Waals surface area contributed by atoms with Crippen LogP contribution in [-0.2, 0) is 12.8 Å². The van der Waals surface area contributed by atoms with Gasteiger partial charge in [-0.1, -0.05) is 93.4 Å². The van der Waals surface area contributed by atoms with Crippen LogP contribution in [-0.4, -0.2) is 0 Å². The topological polar surface area (TPSA) is 0 Å². The molecule has 0 amide bonds. The van der Waals surface area contributed by atoms with Gasteiger partial charge in [-0.3, -0.25) is 0 Å². The molecule has 0 radical (unpaired) electrons. The number of rotatable bonds is 9. The van der Waals surface area contributed by atoms with Gasteiger partial charge in [0.2, 0.25) is 0 Å². The van der Waals surface area contributed by atoms with Gasteiger partial charge in [0.15, 0.2) is 0 Å². The van der Waals surface area contributed by atoms with Crippen LogP contribution < -0.4 is 0 Å². The first kappa shape index (κ1) is 26.2. The third-order valence-corrected chi connectivity index (χ3v) is 7.92. The SMILES string of the molecule is C/C=C/CCC1CCC(CCc2ccc3cc(C#Cc4ccc(CCCC)cc4)ccc3c2F)CC1. The fourth-order valence-electron chi connectivity index (χ4n) is 5.55. The first-order chi connectivity index (χ1) is 17.7. The molecular formula is C35H41F. The molecule has 0 heterocycles. The number of benzene rings is 3. The summed E-state index contributed by atoms with van der Waals surface area (Å²) >= 11 is 0. The Morgan fingerprint density at radius 2 is 1.53 bits per heavy atom. The number of unbranched alkanes of at least 4 members (excludes halogenated alkanes) is 1. The van der Waals surface area contributed by atoms with E-state index in [1.807, 2.05) is 24.3 Å². The minimum absolute atomic E-state index is 0.0466. The molecule has 3 aromatic rings. The molecule has 3 aromatic carbocycles. The molecule has 1 saturated carbocycles. The summed E-state index contributed by atoms with van der Waals surface area (Å²) in [5.41, 5.74) is 4.17. The van der Waals surface area contributed by atoms with Crippen LogP contribution in [0.25, 0.3) is 10.8 Å². The van der Waals surface area contributed by atoms with Crippen LogP contribution >= 0.6 is 0 Å². The lowest BCUT2D eigenvalue weighted by Crippen LogP contribution is -2.15. The lowest BCUT2D eigenvalue weighted by Gasteiger charge is -2.28. The molecule has 0 nitrogen and oxygen atoms in total. The van der Waals surface area contributed by atoms with E-state index in [1.54, 1.807) is 0 Å². The van der Waals surface area contributed by atoms with Crippen molar-refractivity contribution in [2.75, 3.05) is 0 Å². The third-order valence-electron chi connectivity index (χ3n) is 7.92. The number of aryl methyl sites for hydroxylation is 2. The predicted octanol–water partition coefficient (Wildman–Crippen LogP) is 9.82. The van der Waals surface area contributed by atoms with Gasteiger partial charge >= 0.3 is 0 Å². The summed E-state index contributed by atoms with van der Waals surface area (Å²) in [6.45, 7) is 4.32. The van der Waals surface area contributed by atoms with Crippen molar-refractivity contribution in [3.05, 3.63) is 94.8 Å². The largest absolute Gasteiger partial charge is 0.206 e. The summed E-state index contributed by atoms with van der Waals surface area (Å²) in [5.74, 6) is 8.11. The molecule has 0 bridgehead atoms. The minimum Gasteiger partial charge on any atom is -0.206 e.